The SMILES string of the molecule is CCOC(=O)c1c(/C=C/C(=O)NCCNC(C)=O)c(C)n(CC)c1C. The minimum absolute atomic E-state index is 0.143. The highest BCUT2D eigenvalue weighted by atomic mass is 16.5. The minimum Gasteiger partial charge on any atom is -0.462 e. The molecular weight excluding hydrogens is 322 g/mol. The summed E-state index contributed by atoms with van der Waals surface area (Å²) >= 11 is 0. The monoisotopic (exact) mass is 349 g/mol. The van der Waals surface area contributed by atoms with Gasteiger partial charge in [-0.25, -0.2) is 4.79 Å². The Hall–Kier alpha value is -2.57. The number of aromatic nitrogens is 1. The van der Waals surface area contributed by atoms with Gasteiger partial charge in [-0.3, -0.25) is 9.59 Å². The molecule has 0 fully saturated rings. The molecule has 1 aromatic rings. The maximum absolute atomic E-state index is 12.3. The van der Waals surface area contributed by atoms with Gasteiger partial charge in [0.05, 0.1) is 12.2 Å². The smallest absolute Gasteiger partial charge is 0.340 e. The Morgan fingerprint density at radius 1 is 1.08 bits per heavy atom. The Morgan fingerprint density at radius 2 is 1.72 bits per heavy atom. The number of hydrogen-bond donors (Lipinski definition) is 2. The lowest BCUT2D eigenvalue weighted by Gasteiger charge is -2.05. The van der Waals surface area contributed by atoms with Crippen molar-refractivity contribution in [3.63, 3.8) is 0 Å². The highest BCUT2D eigenvalue weighted by Gasteiger charge is 2.22. The molecule has 0 saturated heterocycles. The van der Waals surface area contributed by atoms with E-state index in [0.717, 1.165) is 17.9 Å². The molecule has 2 N–H and O–H groups in total. The molecule has 0 aliphatic carbocycles. The van der Waals surface area contributed by atoms with Crippen LogP contribution in [0.5, 0.6) is 0 Å². The van der Waals surface area contributed by atoms with Gasteiger partial charge >= 0.3 is 5.97 Å². The molecule has 2 amide bonds. The van der Waals surface area contributed by atoms with Gasteiger partial charge in [0.25, 0.3) is 0 Å². The van der Waals surface area contributed by atoms with Crippen molar-refractivity contribution in [3.8, 4) is 0 Å². The van der Waals surface area contributed by atoms with Crippen molar-refractivity contribution < 1.29 is 19.1 Å². The summed E-state index contributed by atoms with van der Waals surface area (Å²) < 4.78 is 7.16. The highest BCUT2D eigenvalue weighted by Crippen LogP contribution is 2.24. The first kappa shape index (κ1) is 20.5. The zero-order valence-corrected chi connectivity index (χ0v) is 15.6. The molecule has 1 aromatic heterocycles. The summed E-state index contributed by atoms with van der Waals surface area (Å²) in [6, 6.07) is 0. The summed E-state index contributed by atoms with van der Waals surface area (Å²) in [5, 5.41) is 5.27. The number of rotatable bonds is 8. The highest BCUT2D eigenvalue weighted by molar-refractivity contribution is 5.98. The van der Waals surface area contributed by atoms with Gasteiger partial charge in [-0.1, -0.05) is 0 Å². The quantitative estimate of drug-likeness (QED) is 0.423. The van der Waals surface area contributed by atoms with Crippen LogP contribution in [-0.2, 0) is 20.9 Å². The Morgan fingerprint density at radius 3 is 2.28 bits per heavy atom. The lowest BCUT2D eigenvalue weighted by Crippen LogP contribution is -2.32. The van der Waals surface area contributed by atoms with Crippen molar-refractivity contribution in [1.29, 1.82) is 0 Å². The van der Waals surface area contributed by atoms with Crippen LogP contribution in [0.25, 0.3) is 6.08 Å². The fourth-order valence-electron chi connectivity index (χ4n) is 2.69. The first-order valence-electron chi connectivity index (χ1n) is 8.40. The van der Waals surface area contributed by atoms with Crippen molar-refractivity contribution in [2.75, 3.05) is 19.7 Å². The Labute approximate surface area is 148 Å². The number of carbonyl (C=O) groups is 3. The van der Waals surface area contributed by atoms with Crippen molar-refractivity contribution in [1.82, 2.24) is 15.2 Å². The van der Waals surface area contributed by atoms with E-state index < -0.39 is 0 Å². The zero-order chi connectivity index (χ0) is 19.0. The minimum atomic E-state index is -0.388. The summed E-state index contributed by atoms with van der Waals surface area (Å²) in [6.07, 6.45) is 3.02. The number of hydrogen-bond acceptors (Lipinski definition) is 4. The molecule has 138 valence electrons. The Kier molecular flexibility index (Phi) is 7.91. The molecule has 0 aliphatic heterocycles. The number of carbonyl (C=O) groups excluding carboxylic acids is 3. The van der Waals surface area contributed by atoms with Crippen LogP contribution in [0, 0.1) is 13.8 Å². The van der Waals surface area contributed by atoms with E-state index >= 15 is 0 Å². The van der Waals surface area contributed by atoms with Gasteiger partial charge in [0, 0.05) is 49.6 Å². The average molecular weight is 349 g/mol. The van der Waals surface area contributed by atoms with E-state index in [0.29, 0.717) is 30.8 Å². The summed E-state index contributed by atoms with van der Waals surface area (Å²) in [5.74, 6) is -0.821. The average Bonchev–Trinajstić information content (AvgIpc) is 2.79. The van der Waals surface area contributed by atoms with Crippen molar-refractivity contribution in [2.24, 2.45) is 0 Å². The van der Waals surface area contributed by atoms with Crippen LogP contribution in [0.3, 0.4) is 0 Å². The lowest BCUT2D eigenvalue weighted by atomic mass is 10.1. The van der Waals surface area contributed by atoms with Crippen molar-refractivity contribution >= 4 is 23.9 Å². The molecular formula is C18H27N3O4. The van der Waals surface area contributed by atoms with E-state index in [4.69, 9.17) is 4.74 Å². The van der Waals surface area contributed by atoms with Crippen LogP contribution in [0.1, 0.15) is 48.1 Å². The summed E-state index contributed by atoms with van der Waals surface area (Å²) in [7, 11) is 0. The number of ether oxygens (including phenoxy) is 1. The Bertz CT molecular complexity index is 674. The van der Waals surface area contributed by atoms with Crippen molar-refractivity contribution in [3.05, 3.63) is 28.6 Å². The third-order valence-electron chi connectivity index (χ3n) is 3.83. The molecule has 1 rings (SSSR count). The van der Waals surface area contributed by atoms with E-state index in [2.05, 4.69) is 10.6 Å². The van der Waals surface area contributed by atoms with E-state index in [1.165, 1.54) is 13.0 Å². The molecule has 0 saturated carbocycles. The van der Waals surface area contributed by atoms with E-state index in [9.17, 15) is 14.4 Å². The first-order chi connectivity index (χ1) is 11.8. The van der Waals surface area contributed by atoms with Crippen molar-refractivity contribution in [2.45, 2.75) is 41.2 Å². The predicted octanol–water partition coefficient (Wildman–Crippen LogP) is 1.57. The molecule has 0 aromatic carbocycles. The van der Waals surface area contributed by atoms with Gasteiger partial charge in [0.15, 0.2) is 0 Å². The van der Waals surface area contributed by atoms with E-state index in [1.807, 2.05) is 25.3 Å². The van der Waals surface area contributed by atoms with Gasteiger partial charge < -0.3 is 19.9 Å². The number of nitrogens with zero attached hydrogens (tertiary/aromatic N) is 1. The number of amides is 2. The molecule has 7 heteroatoms. The molecule has 0 spiro atoms. The van der Waals surface area contributed by atoms with Crippen LogP contribution in [0.2, 0.25) is 0 Å². The maximum Gasteiger partial charge on any atom is 0.340 e. The molecule has 0 aliphatic rings. The van der Waals surface area contributed by atoms with E-state index in [1.54, 1.807) is 13.0 Å². The van der Waals surface area contributed by atoms with Crippen LogP contribution >= 0.6 is 0 Å². The molecule has 7 nitrogen and oxygen atoms in total. The molecule has 0 atom stereocenters. The van der Waals surface area contributed by atoms with Gasteiger partial charge in [-0.05, 0) is 33.8 Å². The fourth-order valence-corrected chi connectivity index (χ4v) is 2.69. The first-order valence-corrected chi connectivity index (χ1v) is 8.40. The lowest BCUT2D eigenvalue weighted by molar-refractivity contribution is -0.119. The van der Waals surface area contributed by atoms with Crippen LogP contribution in [0.15, 0.2) is 6.08 Å². The second kappa shape index (κ2) is 9.66. The molecule has 0 radical (unpaired) electrons. The second-order valence-corrected chi connectivity index (χ2v) is 5.53. The largest absolute Gasteiger partial charge is 0.462 e. The summed E-state index contributed by atoms with van der Waals surface area (Å²) in [5.41, 5.74) is 2.91. The van der Waals surface area contributed by atoms with Gasteiger partial charge in [0.1, 0.15) is 0 Å². The van der Waals surface area contributed by atoms with Crippen LogP contribution < -0.4 is 10.6 Å². The van der Waals surface area contributed by atoms with Gasteiger partial charge in [-0.15, -0.1) is 0 Å². The fraction of sp³-hybridized carbons (Fsp3) is 0.500. The zero-order valence-electron chi connectivity index (χ0n) is 15.6. The second-order valence-electron chi connectivity index (χ2n) is 5.53. The Balaban J connectivity index is 2.94. The van der Waals surface area contributed by atoms with E-state index in [-0.39, 0.29) is 17.8 Å². The normalized spacial score (nSPS) is 10.8. The van der Waals surface area contributed by atoms with Gasteiger partial charge in [0.2, 0.25) is 11.8 Å². The standard InChI is InChI=1S/C18H27N3O4/c1-6-21-12(3)15(17(13(21)4)18(24)25-7-2)8-9-16(23)20-11-10-19-14(5)22/h8-9H,6-7,10-11H2,1-5H3,(H,19,22)(H,20,23)/b9-8+. The number of nitrogens with one attached hydrogen (secondary N) is 2. The van der Waals surface area contributed by atoms with Crippen LogP contribution in [-0.4, -0.2) is 42.0 Å². The number of esters is 1. The maximum atomic E-state index is 12.3. The predicted molar refractivity (Wildman–Crippen MR) is 96.3 cm³/mol. The molecule has 0 unspecified atom stereocenters. The van der Waals surface area contributed by atoms with Gasteiger partial charge in [-0.2, -0.15) is 0 Å². The molecule has 25 heavy (non-hydrogen) atoms. The molecule has 1 heterocycles. The topological polar surface area (TPSA) is 89.4 Å². The third kappa shape index (κ3) is 5.48. The third-order valence-corrected chi connectivity index (χ3v) is 3.83. The summed E-state index contributed by atoms with van der Waals surface area (Å²) in [6.45, 7) is 10.7. The van der Waals surface area contributed by atoms with Crippen LogP contribution in [0.4, 0.5) is 0 Å². The summed E-state index contributed by atoms with van der Waals surface area (Å²) in [4.78, 5) is 35.0. The molecule has 0 bridgehead atoms.